The van der Waals surface area contributed by atoms with Crippen LogP contribution in [0, 0.1) is 0 Å². The second-order valence-corrected chi connectivity index (χ2v) is 6.84. The minimum absolute atomic E-state index is 0.225. The monoisotopic (exact) mass is 250 g/mol. The van der Waals surface area contributed by atoms with Crippen LogP contribution in [0.15, 0.2) is 11.1 Å². The molecule has 0 aromatic rings. The summed E-state index contributed by atoms with van der Waals surface area (Å²) in [5.74, 6) is 0.313. The molecular weight excluding hydrogens is 224 g/mol. The number of nitrogens with zero attached hydrogens (tertiary/aromatic N) is 2. The average Bonchev–Trinajstić information content (AvgIpc) is 2.25. The Hall–Kier alpha value is -0.830. The lowest BCUT2D eigenvalue weighted by Gasteiger charge is -2.43. The van der Waals surface area contributed by atoms with Gasteiger partial charge in [0.2, 0.25) is 5.91 Å². The van der Waals surface area contributed by atoms with Crippen LogP contribution in [0.5, 0.6) is 0 Å². The highest BCUT2D eigenvalue weighted by Crippen LogP contribution is 2.30. The van der Waals surface area contributed by atoms with Crippen LogP contribution in [0.4, 0.5) is 0 Å². The molecule has 0 saturated heterocycles. The maximum atomic E-state index is 12.0. The fraction of sp³-hybridized carbons (Fsp3) is 0.800. The van der Waals surface area contributed by atoms with Crippen molar-refractivity contribution in [2.24, 2.45) is 0 Å². The molecule has 3 heteroatoms. The number of amides is 1. The quantitative estimate of drug-likeness (QED) is 0.667. The fourth-order valence-corrected chi connectivity index (χ4v) is 2.86. The summed E-state index contributed by atoms with van der Waals surface area (Å²) in [4.78, 5) is 16.6. The van der Waals surface area contributed by atoms with E-state index in [0.29, 0.717) is 18.4 Å². The smallest absolute Gasteiger partial charge is 0.227 e. The third-order valence-electron chi connectivity index (χ3n) is 4.18. The van der Waals surface area contributed by atoms with Gasteiger partial charge in [-0.15, -0.1) is 0 Å². The molecule has 0 fully saturated rings. The van der Waals surface area contributed by atoms with Crippen molar-refractivity contribution in [3.05, 3.63) is 11.1 Å². The second kappa shape index (κ2) is 4.69. The van der Waals surface area contributed by atoms with Gasteiger partial charge in [-0.2, -0.15) is 0 Å². The normalized spacial score (nSPS) is 22.8. The number of hydrogen-bond acceptors (Lipinski definition) is 2. The van der Waals surface area contributed by atoms with Gasteiger partial charge in [0.15, 0.2) is 0 Å². The predicted octanol–water partition coefficient (Wildman–Crippen LogP) is 2.43. The molecule has 0 N–H and O–H groups in total. The van der Waals surface area contributed by atoms with E-state index in [1.54, 1.807) is 0 Å². The van der Waals surface area contributed by atoms with Crippen molar-refractivity contribution in [1.29, 1.82) is 0 Å². The van der Waals surface area contributed by atoms with Crippen molar-refractivity contribution in [1.82, 2.24) is 9.80 Å². The first-order valence-electron chi connectivity index (χ1n) is 7.03. The average molecular weight is 250 g/mol. The summed E-state index contributed by atoms with van der Waals surface area (Å²) < 4.78 is 0. The summed E-state index contributed by atoms with van der Waals surface area (Å²) in [5.41, 5.74) is 3.13. The lowest BCUT2D eigenvalue weighted by Crippen LogP contribution is -2.50. The SMILES string of the molecule is CC(C)N1CC2=C(CCN(C(C)(C)C)C2)CC1=O. The zero-order valence-electron chi connectivity index (χ0n) is 12.4. The maximum Gasteiger partial charge on any atom is 0.227 e. The lowest BCUT2D eigenvalue weighted by molar-refractivity contribution is -0.132. The summed E-state index contributed by atoms with van der Waals surface area (Å²) in [6, 6.07) is 0.316. The van der Waals surface area contributed by atoms with Gasteiger partial charge in [0.25, 0.3) is 0 Å². The van der Waals surface area contributed by atoms with E-state index < -0.39 is 0 Å². The van der Waals surface area contributed by atoms with Crippen LogP contribution in [0.25, 0.3) is 0 Å². The molecule has 0 aliphatic carbocycles. The van der Waals surface area contributed by atoms with Crippen LogP contribution in [0.2, 0.25) is 0 Å². The topological polar surface area (TPSA) is 23.6 Å². The largest absolute Gasteiger partial charge is 0.336 e. The van der Waals surface area contributed by atoms with Crippen molar-refractivity contribution in [3.8, 4) is 0 Å². The minimum atomic E-state index is 0.225. The van der Waals surface area contributed by atoms with Crippen LogP contribution >= 0.6 is 0 Å². The number of rotatable bonds is 1. The second-order valence-electron chi connectivity index (χ2n) is 6.84. The van der Waals surface area contributed by atoms with Gasteiger partial charge in [-0.25, -0.2) is 0 Å². The van der Waals surface area contributed by atoms with Crippen LogP contribution in [-0.2, 0) is 4.79 Å². The summed E-state index contributed by atoms with van der Waals surface area (Å²) >= 11 is 0. The van der Waals surface area contributed by atoms with E-state index in [2.05, 4.69) is 39.5 Å². The van der Waals surface area contributed by atoms with Gasteiger partial charge in [0.1, 0.15) is 0 Å². The van der Waals surface area contributed by atoms with Crippen molar-refractivity contribution < 1.29 is 4.79 Å². The fourth-order valence-electron chi connectivity index (χ4n) is 2.86. The minimum Gasteiger partial charge on any atom is -0.336 e. The summed E-state index contributed by atoms with van der Waals surface area (Å²) in [6.45, 7) is 14.0. The number of carbonyl (C=O) groups excluding carboxylic acids is 1. The van der Waals surface area contributed by atoms with E-state index in [1.807, 2.05) is 4.90 Å². The van der Waals surface area contributed by atoms with Gasteiger partial charge in [-0.3, -0.25) is 9.69 Å². The Labute approximate surface area is 111 Å². The Morgan fingerprint density at radius 2 is 1.78 bits per heavy atom. The van der Waals surface area contributed by atoms with Crippen LogP contribution < -0.4 is 0 Å². The molecule has 0 bridgehead atoms. The Morgan fingerprint density at radius 1 is 1.11 bits per heavy atom. The highest BCUT2D eigenvalue weighted by molar-refractivity contribution is 5.81. The summed E-state index contributed by atoms with van der Waals surface area (Å²) in [7, 11) is 0. The van der Waals surface area contributed by atoms with Gasteiger partial charge in [0, 0.05) is 37.6 Å². The first kappa shape index (κ1) is 13.6. The molecule has 0 spiro atoms. The lowest BCUT2D eigenvalue weighted by atomic mass is 9.90. The van der Waals surface area contributed by atoms with Crippen LogP contribution in [-0.4, -0.2) is 46.9 Å². The van der Waals surface area contributed by atoms with E-state index in [9.17, 15) is 4.79 Å². The molecule has 102 valence electrons. The molecule has 0 saturated carbocycles. The molecule has 18 heavy (non-hydrogen) atoms. The molecule has 0 aromatic carbocycles. The van der Waals surface area contributed by atoms with Crippen molar-refractivity contribution in [3.63, 3.8) is 0 Å². The molecule has 2 heterocycles. The molecule has 2 aliphatic rings. The molecule has 3 nitrogen and oxygen atoms in total. The molecule has 2 aliphatic heterocycles. The first-order valence-corrected chi connectivity index (χ1v) is 7.03. The third kappa shape index (κ3) is 2.61. The van der Waals surface area contributed by atoms with E-state index >= 15 is 0 Å². The Morgan fingerprint density at radius 3 is 2.33 bits per heavy atom. The summed E-state index contributed by atoms with van der Waals surface area (Å²) in [6.07, 6.45) is 1.73. The van der Waals surface area contributed by atoms with E-state index in [4.69, 9.17) is 0 Å². The highest BCUT2D eigenvalue weighted by Gasteiger charge is 2.33. The van der Waals surface area contributed by atoms with Crippen LogP contribution in [0.3, 0.4) is 0 Å². The molecule has 0 aromatic heterocycles. The van der Waals surface area contributed by atoms with Crippen molar-refractivity contribution in [2.75, 3.05) is 19.6 Å². The highest BCUT2D eigenvalue weighted by atomic mass is 16.2. The van der Waals surface area contributed by atoms with E-state index in [1.165, 1.54) is 11.1 Å². The molecule has 0 unspecified atom stereocenters. The van der Waals surface area contributed by atoms with Crippen molar-refractivity contribution in [2.45, 2.75) is 59.0 Å². The van der Waals surface area contributed by atoms with E-state index in [-0.39, 0.29) is 5.54 Å². The van der Waals surface area contributed by atoms with Gasteiger partial charge in [0.05, 0.1) is 0 Å². The van der Waals surface area contributed by atoms with Gasteiger partial charge in [-0.05, 0) is 46.6 Å². The molecular formula is C15H26N2O. The first-order chi connectivity index (χ1) is 8.29. The van der Waals surface area contributed by atoms with Gasteiger partial charge in [-0.1, -0.05) is 5.57 Å². The standard InChI is InChI=1S/C15H26N2O/c1-11(2)17-10-13-9-16(15(3,4)5)7-6-12(13)8-14(17)18/h11H,6-10H2,1-5H3. The Balaban J connectivity index is 2.15. The summed E-state index contributed by atoms with van der Waals surface area (Å²) in [5, 5.41) is 0. The Bertz CT molecular complexity index is 376. The molecule has 2 rings (SSSR count). The molecule has 0 atom stereocenters. The number of hydrogen-bond donors (Lipinski definition) is 0. The number of carbonyl (C=O) groups is 1. The Kier molecular flexibility index (Phi) is 3.54. The van der Waals surface area contributed by atoms with Crippen LogP contribution in [0.1, 0.15) is 47.5 Å². The zero-order chi connectivity index (χ0) is 13.5. The maximum absolute atomic E-state index is 12.0. The molecule has 1 amide bonds. The van der Waals surface area contributed by atoms with Gasteiger partial charge >= 0.3 is 0 Å². The van der Waals surface area contributed by atoms with E-state index in [0.717, 1.165) is 26.1 Å². The molecule has 0 radical (unpaired) electrons. The van der Waals surface area contributed by atoms with Gasteiger partial charge < -0.3 is 4.90 Å². The third-order valence-corrected chi connectivity index (χ3v) is 4.18. The van der Waals surface area contributed by atoms with Crippen molar-refractivity contribution >= 4 is 5.91 Å². The predicted molar refractivity (Wildman–Crippen MR) is 74.4 cm³/mol. The zero-order valence-corrected chi connectivity index (χ0v) is 12.4.